The fourth-order valence-electron chi connectivity index (χ4n) is 6.12. The molecule has 12 heteroatoms. The van der Waals surface area contributed by atoms with E-state index in [-0.39, 0.29) is 23.6 Å². The van der Waals surface area contributed by atoms with Gasteiger partial charge in [-0.1, -0.05) is 49.4 Å². The van der Waals surface area contributed by atoms with Crippen LogP contribution in [-0.4, -0.2) is 72.4 Å². The third-order valence-electron chi connectivity index (χ3n) is 8.41. The van der Waals surface area contributed by atoms with Crippen LogP contribution in [0.2, 0.25) is 0 Å². The van der Waals surface area contributed by atoms with Crippen molar-refractivity contribution < 1.29 is 24.7 Å². The SMILES string of the molecule is CCC1=C(N(C=O)CCCN2CCC(Cc3ccccc3)CC2)C(c2ccc([N+](=O)[O-])cc2)C(NC=O)=C(C)N1.CCOCC.Cl.O. The normalized spacial score (nSPS) is 16.5. The van der Waals surface area contributed by atoms with E-state index in [1.54, 1.807) is 17.0 Å². The molecule has 4 N–H and O–H groups in total. The van der Waals surface area contributed by atoms with Gasteiger partial charge < -0.3 is 30.6 Å². The van der Waals surface area contributed by atoms with E-state index in [9.17, 15) is 19.7 Å². The minimum atomic E-state index is -0.443. The number of amides is 2. The van der Waals surface area contributed by atoms with Crippen molar-refractivity contribution in [1.29, 1.82) is 0 Å². The molecule has 4 rings (SSSR count). The van der Waals surface area contributed by atoms with Crippen LogP contribution in [0.3, 0.4) is 0 Å². The highest BCUT2D eigenvalue weighted by molar-refractivity contribution is 5.85. The van der Waals surface area contributed by atoms with Crippen molar-refractivity contribution in [2.45, 2.75) is 65.7 Å². The molecule has 0 bridgehead atoms. The van der Waals surface area contributed by atoms with Crippen LogP contribution in [0.1, 0.15) is 70.4 Å². The van der Waals surface area contributed by atoms with Crippen LogP contribution in [0.25, 0.3) is 0 Å². The number of rotatable bonds is 15. The summed E-state index contributed by atoms with van der Waals surface area (Å²) in [5.41, 5.74) is 5.23. The van der Waals surface area contributed by atoms with Crippen molar-refractivity contribution in [3.05, 3.63) is 98.6 Å². The van der Waals surface area contributed by atoms with Gasteiger partial charge in [0.25, 0.3) is 5.69 Å². The van der Waals surface area contributed by atoms with Gasteiger partial charge in [-0.15, -0.1) is 12.4 Å². The number of likely N-dealkylation sites (tertiary alicyclic amines) is 1. The number of carbonyl (C=O) groups is 2. The minimum absolute atomic E-state index is 0. The van der Waals surface area contributed by atoms with Crippen LogP contribution < -0.4 is 10.6 Å². The quantitative estimate of drug-likeness (QED) is 0.148. The van der Waals surface area contributed by atoms with Crippen LogP contribution in [0, 0.1) is 16.0 Å². The topological polar surface area (TPSA) is 149 Å². The average molecular weight is 674 g/mol. The smallest absolute Gasteiger partial charge is 0.269 e. The molecule has 2 aromatic carbocycles. The maximum absolute atomic E-state index is 12.5. The Bertz CT molecular complexity index is 1300. The molecule has 0 saturated carbocycles. The number of piperidine rings is 1. The fourth-order valence-corrected chi connectivity index (χ4v) is 6.12. The number of nitrogens with zero attached hydrogens (tertiary/aromatic N) is 3. The van der Waals surface area contributed by atoms with Gasteiger partial charge in [0.05, 0.1) is 22.2 Å². The number of benzene rings is 2. The number of carbonyl (C=O) groups excluding carboxylic acids is 2. The Balaban J connectivity index is 0.00000147. The largest absolute Gasteiger partial charge is 0.412 e. The number of nitro groups is 1. The fraction of sp³-hybridized carbons (Fsp3) is 0.486. The number of nitro benzene ring substituents is 1. The molecule has 0 aromatic heterocycles. The highest BCUT2D eigenvalue weighted by Gasteiger charge is 2.33. The lowest BCUT2D eigenvalue weighted by Crippen LogP contribution is -2.40. The first-order valence-corrected chi connectivity index (χ1v) is 16.1. The minimum Gasteiger partial charge on any atom is -0.412 e. The molecule has 0 aliphatic carbocycles. The van der Waals surface area contributed by atoms with E-state index in [1.807, 2.05) is 27.7 Å². The Kier molecular flexibility index (Phi) is 19.2. The summed E-state index contributed by atoms with van der Waals surface area (Å²) in [5, 5.41) is 17.4. The van der Waals surface area contributed by atoms with Gasteiger partial charge in [-0.2, -0.15) is 0 Å². The molecular formula is C35H52ClN5O6. The summed E-state index contributed by atoms with van der Waals surface area (Å²) in [6, 6.07) is 17.0. The van der Waals surface area contributed by atoms with E-state index in [1.165, 1.54) is 30.5 Å². The van der Waals surface area contributed by atoms with Gasteiger partial charge in [-0.05, 0) is 89.6 Å². The molecule has 260 valence electrons. The molecule has 2 heterocycles. The predicted octanol–water partition coefficient (Wildman–Crippen LogP) is 5.32. The Morgan fingerprint density at radius 3 is 2.19 bits per heavy atom. The number of ether oxygens (including phenoxy) is 1. The van der Waals surface area contributed by atoms with Gasteiger partial charge in [-0.3, -0.25) is 19.7 Å². The zero-order valence-electron chi connectivity index (χ0n) is 28.1. The highest BCUT2D eigenvalue weighted by Crippen LogP contribution is 2.39. The molecule has 2 aliphatic rings. The number of dihydropyridines is 1. The molecule has 2 amide bonds. The van der Waals surface area contributed by atoms with Gasteiger partial charge in [0, 0.05) is 43.3 Å². The first kappa shape index (κ1) is 41.3. The first-order chi connectivity index (χ1) is 21.9. The summed E-state index contributed by atoms with van der Waals surface area (Å²) < 4.78 is 4.83. The third-order valence-corrected chi connectivity index (χ3v) is 8.41. The van der Waals surface area contributed by atoms with Crippen LogP contribution >= 0.6 is 12.4 Å². The molecule has 1 atom stereocenters. The number of halogens is 1. The first-order valence-electron chi connectivity index (χ1n) is 16.1. The Morgan fingerprint density at radius 2 is 1.68 bits per heavy atom. The van der Waals surface area contributed by atoms with Crippen molar-refractivity contribution in [2.24, 2.45) is 5.92 Å². The summed E-state index contributed by atoms with van der Waals surface area (Å²) in [6.45, 7) is 13.1. The van der Waals surface area contributed by atoms with E-state index in [0.717, 1.165) is 74.8 Å². The van der Waals surface area contributed by atoms with Crippen molar-refractivity contribution >= 4 is 30.9 Å². The van der Waals surface area contributed by atoms with E-state index >= 15 is 0 Å². The second kappa shape index (κ2) is 21.9. The van der Waals surface area contributed by atoms with Gasteiger partial charge in [-0.25, -0.2) is 0 Å². The zero-order valence-corrected chi connectivity index (χ0v) is 28.9. The van der Waals surface area contributed by atoms with Gasteiger partial charge in [0.15, 0.2) is 0 Å². The van der Waals surface area contributed by atoms with Crippen LogP contribution in [0.4, 0.5) is 5.69 Å². The summed E-state index contributed by atoms with van der Waals surface area (Å²) >= 11 is 0. The molecule has 2 aromatic rings. The number of hydrogen-bond acceptors (Lipinski definition) is 7. The van der Waals surface area contributed by atoms with Crippen molar-refractivity contribution in [3.63, 3.8) is 0 Å². The van der Waals surface area contributed by atoms with Crippen LogP contribution in [0.15, 0.2) is 77.4 Å². The van der Waals surface area contributed by atoms with E-state index < -0.39 is 10.8 Å². The maximum atomic E-state index is 12.5. The molecule has 1 saturated heterocycles. The van der Waals surface area contributed by atoms with E-state index in [2.05, 4.69) is 45.9 Å². The van der Waals surface area contributed by atoms with Gasteiger partial charge in [0.1, 0.15) is 0 Å². The average Bonchev–Trinajstić information content (AvgIpc) is 3.06. The van der Waals surface area contributed by atoms with Crippen LogP contribution in [0.5, 0.6) is 0 Å². The summed E-state index contributed by atoms with van der Waals surface area (Å²) in [4.78, 5) is 39.0. The van der Waals surface area contributed by atoms with E-state index in [0.29, 0.717) is 31.0 Å². The molecular weight excluding hydrogens is 622 g/mol. The zero-order chi connectivity index (χ0) is 32.6. The lowest BCUT2D eigenvalue weighted by atomic mass is 9.86. The molecule has 2 aliphatic heterocycles. The predicted molar refractivity (Wildman–Crippen MR) is 188 cm³/mol. The number of nitrogens with one attached hydrogen (secondary N) is 2. The Morgan fingerprint density at radius 1 is 1.04 bits per heavy atom. The number of non-ortho nitro benzene ring substituents is 1. The van der Waals surface area contributed by atoms with Crippen molar-refractivity contribution in [3.8, 4) is 0 Å². The maximum Gasteiger partial charge on any atom is 0.269 e. The third kappa shape index (κ3) is 12.1. The van der Waals surface area contributed by atoms with Crippen molar-refractivity contribution in [1.82, 2.24) is 20.4 Å². The highest BCUT2D eigenvalue weighted by atomic mass is 35.5. The molecule has 0 spiro atoms. The van der Waals surface area contributed by atoms with E-state index in [4.69, 9.17) is 4.74 Å². The molecule has 1 unspecified atom stereocenters. The Labute approximate surface area is 285 Å². The standard InChI is InChI=1S/C31H39N5O4.C4H10O.ClH.H2O/c1-3-28-31(29(30(32-21-37)23(2)33-28)26-10-12-27(13-11-26)36(39)40)35(22-38)17-7-16-34-18-14-25(15-19-34)20-24-8-5-4-6-9-24;1-3-5-4-2;;/h4-6,8-13,21-22,25,29,33H,3,7,14-20H2,1-2H3,(H,32,37);3-4H2,1-2H3;1H;1H2. The Hall–Kier alpha value is -3.77. The second-order valence-electron chi connectivity index (χ2n) is 11.3. The lowest BCUT2D eigenvalue weighted by molar-refractivity contribution is -0.384. The number of allylic oxidation sites excluding steroid dienone is 2. The second-order valence-corrected chi connectivity index (χ2v) is 11.3. The molecule has 0 radical (unpaired) electrons. The summed E-state index contributed by atoms with van der Waals surface area (Å²) in [7, 11) is 0. The van der Waals surface area contributed by atoms with Crippen molar-refractivity contribution in [2.75, 3.05) is 39.4 Å². The van der Waals surface area contributed by atoms with Gasteiger partial charge in [0.2, 0.25) is 12.8 Å². The molecule has 1 fully saturated rings. The summed E-state index contributed by atoms with van der Waals surface area (Å²) in [6.07, 6.45) is 6.43. The monoisotopic (exact) mass is 673 g/mol. The summed E-state index contributed by atoms with van der Waals surface area (Å²) in [5.74, 6) is 0.262. The molecule has 11 nitrogen and oxygen atoms in total. The molecule has 47 heavy (non-hydrogen) atoms. The van der Waals surface area contributed by atoms with Crippen LogP contribution in [-0.2, 0) is 20.7 Å². The lowest BCUT2D eigenvalue weighted by Gasteiger charge is -2.37. The van der Waals surface area contributed by atoms with Gasteiger partial charge >= 0.3 is 0 Å². The number of hydrogen-bond donors (Lipinski definition) is 2.